The minimum Gasteiger partial charge on any atom is -0.445 e. The maximum atomic E-state index is 13.7. The van der Waals surface area contributed by atoms with Gasteiger partial charge >= 0.3 is 6.09 Å². The number of ether oxygens (including phenoxy) is 1. The van der Waals surface area contributed by atoms with Crippen molar-refractivity contribution < 1.29 is 24.1 Å². The SMILES string of the molecule is N#Cc1ccc(F)c(C(O)C(O)CNC(=O)OCc2ccccc2)c1. The number of carbonyl (C=O) groups is 1. The van der Waals surface area contributed by atoms with E-state index in [1.54, 1.807) is 24.3 Å². The third kappa shape index (κ3) is 5.28. The molecule has 0 radical (unpaired) electrons. The Hall–Kier alpha value is -2.95. The highest BCUT2D eigenvalue weighted by molar-refractivity contribution is 5.67. The Labute approximate surface area is 144 Å². The van der Waals surface area contributed by atoms with Crippen LogP contribution in [0.5, 0.6) is 0 Å². The minimum atomic E-state index is -1.59. The highest BCUT2D eigenvalue weighted by Gasteiger charge is 2.22. The second-order valence-electron chi connectivity index (χ2n) is 5.30. The van der Waals surface area contributed by atoms with Gasteiger partial charge in [-0.05, 0) is 23.8 Å². The first-order valence-electron chi connectivity index (χ1n) is 7.51. The van der Waals surface area contributed by atoms with Crippen LogP contribution in [0.1, 0.15) is 22.8 Å². The third-order valence-corrected chi connectivity index (χ3v) is 3.48. The molecule has 3 N–H and O–H groups in total. The molecule has 0 bridgehead atoms. The van der Waals surface area contributed by atoms with Gasteiger partial charge < -0.3 is 20.3 Å². The minimum absolute atomic E-state index is 0.0597. The Kier molecular flexibility index (Phi) is 6.46. The molecule has 25 heavy (non-hydrogen) atoms. The van der Waals surface area contributed by atoms with E-state index in [2.05, 4.69) is 5.32 Å². The Bertz CT molecular complexity index is 761. The summed E-state index contributed by atoms with van der Waals surface area (Å²) in [5.74, 6) is -0.753. The van der Waals surface area contributed by atoms with Gasteiger partial charge in [0.1, 0.15) is 24.6 Å². The first kappa shape index (κ1) is 18.4. The number of alkyl carbamates (subject to hydrolysis) is 1. The van der Waals surface area contributed by atoms with E-state index < -0.39 is 24.1 Å². The molecule has 0 heterocycles. The van der Waals surface area contributed by atoms with Crippen molar-refractivity contribution in [3.05, 3.63) is 71.0 Å². The molecule has 0 aliphatic rings. The van der Waals surface area contributed by atoms with E-state index in [0.29, 0.717) is 0 Å². The molecule has 6 nitrogen and oxygen atoms in total. The van der Waals surface area contributed by atoms with Gasteiger partial charge in [-0.25, -0.2) is 9.18 Å². The number of nitrogens with one attached hydrogen (secondary N) is 1. The lowest BCUT2D eigenvalue weighted by Crippen LogP contribution is -2.36. The van der Waals surface area contributed by atoms with Crippen molar-refractivity contribution >= 4 is 6.09 Å². The molecule has 1 amide bonds. The van der Waals surface area contributed by atoms with Gasteiger partial charge in [-0.1, -0.05) is 30.3 Å². The van der Waals surface area contributed by atoms with Gasteiger partial charge in [-0.2, -0.15) is 5.26 Å². The fourth-order valence-corrected chi connectivity index (χ4v) is 2.12. The first-order valence-corrected chi connectivity index (χ1v) is 7.51. The molecule has 2 atom stereocenters. The highest BCUT2D eigenvalue weighted by atomic mass is 19.1. The lowest BCUT2D eigenvalue weighted by molar-refractivity contribution is 0.0164. The molecule has 0 aliphatic heterocycles. The lowest BCUT2D eigenvalue weighted by Gasteiger charge is -2.19. The highest BCUT2D eigenvalue weighted by Crippen LogP contribution is 2.21. The number of hydrogen-bond donors (Lipinski definition) is 3. The summed E-state index contributed by atoms with van der Waals surface area (Å²) in [7, 11) is 0. The van der Waals surface area contributed by atoms with Crippen molar-refractivity contribution in [1.29, 1.82) is 5.26 Å². The van der Waals surface area contributed by atoms with Crippen LogP contribution in [0.2, 0.25) is 0 Å². The predicted molar refractivity (Wildman–Crippen MR) is 86.7 cm³/mol. The average Bonchev–Trinajstić information content (AvgIpc) is 2.65. The molecule has 0 fully saturated rings. The number of aliphatic hydroxyl groups excluding tert-OH is 2. The number of benzene rings is 2. The molecule has 130 valence electrons. The fraction of sp³-hybridized carbons (Fsp3) is 0.222. The summed E-state index contributed by atoms with van der Waals surface area (Å²) in [6.45, 7) is -0.283. The van der Waals surface area contributed by atoms with E-state index in [1.807, 2.05) is 12.1 Å². The number of nitrogens with zero attached hydrogens (tertiary/aromatic N) is 1. The van der Waals surface area contributed by atoms with Crippen LogP contribution < -0.4 is 5.32 Å². The van der Waals surface area contributed by atoms with Crippen LogP contribution in [0.4, 0.5) is 9.18 Å². The molecule has 0 saturated heterocycles. The van der Waals surface area contributed by atoms with Gasteiger partial charge in [-0.3, -0.25) is 0 Å². The fourth-order valence-electron chi connectivity index (χ4n) is 2.12. The summed E-state index contributed by atoms with van der Waals surface area (Å²) in [4.78, 5) is 11.6. The van der Waals surface area contributed by atoms with E-state index in [4.69, 9.17) is 10.00 Å². The quantitative estimate of drug-likeness (QED) is 0.744. The van der Waals surface area contributed by atoms with Crippen molar-refractivity contribution in [3.63, 3.8) is 0 Å². The summed E-state index contributed by atoms with van der Waals surface area (Å²) in [6, 6.07) is 14.3. The number of amides is 1. The number of rotatable bonds is 6. The molecule has 7 heteroatoms. The molecular formula is C18H17FN2O4. The zero-order valence-corrected chi connectivity index (χ0v) is 13.2. The van der Waals surface area contributed by atoms with E-state index in [9.17, 15) is 19.4 Å². The van der Waals surface area contributed by atoms with Crippen LogP contribution in [0.3, 0.4) is 0 Å². The number of carbonyl (C=O) groups excluding carboxylic acids is 1. The Morgan fingerprint density at radius 2 is 1.96 bits per heavy atom. The molecule has 0 aromatic heterocycles. The summed E-state index contributed by atoms with van der Waals surface area (Å²) in [6.07, 6.45) is -3.84. The smallest absolute Gasteiger partial charge is 0.407 e. The molecule has 2 unspecified atom stereocenters. The van der Waals surface area contributed by atoms with Crippen molar-refractivity contribution in [1.82, 2.24) is 5.32 Å². The zero-order valence-electron chi connectivity index (χ0n) is 13.2. The number of aliphatic hydroxyl groups is 2. The van der Waals surface area contributed by atoms with E-state index >= 15 is 0 Å². The molecule has 2 aromatic rings. The Morgan fingerprint density at radius 3 is 2.64 bits per heavy atom. The van der Waals surface area contributed by atoms with Crippen molar-refractivity contribution in [2.45, 2.75) is 18.8 Å². The van der Waals surface area contributed by atoms with Crippen LogP contribution in [-0.2, 0) is 11.3 Å². The van der Waals surface area contributed by atoms with E-state index in [1.165, 1.54) is 6.07 Å². The van der Waals surface area contributed by atoms with Gasteiger partial charge in [0.25, 0.3) is 0 Å². The zero-order chi connectivity index (χ0) is 18.2. The number of halogens is 1. The van der Waals surface area contributed by atoms with Gasteiger partial charge in [-0.15, -0.1) is 0 Å². The van der Waals surface area contributed by atoms with E-state index in [0.717, 1.165) is 17.7 Å². The van der Waals surface area contributed by atoms with Crippen molar-refractivity contribution in [2.75, 3.05) is 6.54 Å². The largest absolute Gasteiger partial charge is 0.445 e. The Morgan fingerprint density at radius 1 is 1.24 bits per heavy atom. The van der Waals surface area contributed by atoms with Gasteiger partial charge in [0.15, 0.2) is 0 Å². The summed E-state index contributed by atoms with van der Waals surface area (Å²) in [5, 5.41) is 31.0. The second kappa shape index (κ2) is 8.78. The van der Waals surface area contributed by atoms with E-state index in [-0.39, 0.29) is 24.3 Å². The summed E-state index contributed by atoms with van der Waals surface area (Å²) >= 11 is 0. The normalized spacial score (nSPS) is 12.7. The first-order chi connectivity index (χ1) is 12.0. The van der Waals surface area contributed by atoms with Crippen LogP contribution in [-0.4, -0.2) is 29.0 Å². The van der Waals surface area contributed by atoms with Crippen LogP contribution in [0.15, 0.2) is 48.5 Å². The topological polar surface area (TPSA) is 103 Å². The molecule has 2 aromatic carbocycles. The molecule has 0 saturated carbocycles. The van der Waals surface area contributed by atoms with Gasteiger partial charge in [0.05, 0.1) is 11.6 Å². The van der Waals surface area contributed by atoms with Gasteiger partial charge in [0.2, 0.25) is 0 Å². The van der Waals surface area contributed by atoms with Gasteiger partial charge in [0, 0.05) is 12.1 Å². The van der Waals surface area contributed by atoms with Crippen LogP contribution in [0.25, 0.3) is 0 Å². The lowest BCUT2D eigenvalue weighted by atomic mass is 10.0. The monoisotopic (exact) mass is 344 g/mol. The standard InChI is InChI=1S/C18H17FN2O4/c19-15-7-6-13(9-20)8-14(15)17(23)16(22)10-21-18(24)25-11-12-4-2-1-3-5-12/h1-8,16-17,22-23H,10-11H2,(H,21,24). The average molecular weight is 344 g/mol. The number of hydrogen-bond acceptors (Lipinski definition) is 5. The van der Waals surface area contributed by atoms with Crippen molar-refractivity contribution in [2.24, 2.45) is 0 Å². The van der Waals surface area contributed by atoms with Crippen molar-refractivity contribution in [3.8, 4) is 6.07 Å². The molecule has 2 rings (SSSR count). The molecule has 0 aliphatic carbocycles. The summed E-state index contributed by atoms with van der Waals surface area (Å²) in [5.41, 5.74) is 0.734. The Balaban J connectivity index is 1.86. The maximum Gasteiger partial charge on any atom is 0.407 e. The molecule has 0 spiro atoms. The summed E-state index contributed by atoms with van der Waals surface area (Å²) < 4.78 is 18.7. The predicted octanol–water partition coefficient (Wildman–Crippen LogP) is 2.02. The molecular weight excluding hydrogens is 327 g/mol. The number of nitriles is 1. The maximum absolute atomic E-state index is 13.7. The van der Waals surface area contributed by atoms with Crippen LogP contribution >= 0.6 is 0 Å². The second-order valence-corrected chi connectivity index (χ2v) is 5.30. The third-order valence-electron chi connectivity index (χ3n) is 3.48. The van der Waals surface area contributed by atoms with Crippen LogP contribution in [0, 0.1) is 17.1 Å².